The average Bonchev–Trinajstić information content (AvgIpc) is 2.27. The number of hydrogen-bond donors (Lipinski definition) is 1. The maximum Gasteiger partial charge on any atom is 0.0325 e. The summed E-state index contributed by atoms with van der Waals surface area (Å²) in [5, 5.41) is 3.58. The first-order valence-corrected chi connectivity index (χ1v) is 6.49. The van der Waals surface area contributed by atoms with Crippen molar-refractivity contribution in [2.24, 2.45) is 0 Å². The molecule has 1 atom stereocenters. The fourth-order valence-electron chi connectivity index (χ4n) is 2.14. The Hall–Kier alpha value is -1.08. The molecule has 0 aliphatic carbocycles. The van der Waals surface area contributed by atoms with Gasteiger partial charge in [0, 0.05) is 6.04 Å². The molecule has 0 radical (unpaired) electrons. The predicted molar refractivity (Wildman–Crippen MR) is 76.4 cm³/mol. The maximum atomic E-state index is 3.99. The molecular formula is C16H25N. The molecule has 0 fully saturated rings. The van der Waals surface area contributed by atoms with Crippen LogP contribution in [0.3, 0.4) is 0 Å². The van der Waals surface area contributed by atoms with E-state index in [1.165, 1.54) is 22.3 Å². The van der Waals surface area contributed by atoms with Crippen LogP contribution in [0, 0.1) is 13.8 Å². The second kappa shape index (κ2) is 6.61. The van der Waals surface area contributed by atoms with E-state index in [0.717, 1.165) is 19.4 Å². The Bertz CT molecular complexity index is 379. The van der Waals surface area contributed by atoms with Gasteiger partial charge in [0.2, 0.25) is 0 Å². The van der Waals surface area contributed by atoms with Crippen LogP contribution in [0.1, 0.15) is 49.4 Å². The summed E-state index contributed by atoms with van der Waals surface area (Å²) in [5.74, 6) is 0. The summed E-state index contributed by atoms with van der Waals surface area (Å²) in [7, 11) is 0. The standard InChI is InChI=1S/C16H25N/c1-6-17-16(10-7-12(2)3)15-11-13(4)8-9-14(15)5/h8-9,11,16-17H,2,6-7,10H2,1,3-5H3. The SMILES string of the molecule is C=C(C)CCC(NCC)c1cc(C)ccc1C. The van der Waals surface area contributed by atoms with Gasteiger partial charge in [-0.25, -0.2) is 0 Å². The number of aryl methyl sites for hydroxylation is 2. The molecule has 1 aromatic rings. The van der Waals surface area contributed by atoms with Gasteiger partial charge < -0.3 is 5.32 Å². The highest BCUT2D eigenvalue weighted by Crippen LogP contribution is 2.24. The summed E-state index contributed by atoms with van der Waals surface area (Å²) in [6.45, 7) is 13.6. The minimum absolute atomic E-state index is 0.455. The van der Waals surface area contributed by atoms with Crippen LogP contribution in [0.4, 0.5) is 0 Å². The van der Waals surface area contributed by atoms with Crippen molar-refractivity contribution >= 4 is 0 Å². The molecule has 1 nitrogen and oxygen atoms in total. The van der Waals surface area contributed by atoms with Crippen molar-refractivity contribution in [1.29, 1.82) is 0 Å². The van der Waals surface area contributed by atoms with E-state index in [1.54, 1.807) is 0 Å². The van der Waals surface area contributed by atoms with Gasteiger partial charge in [-0.1, -0.05) is 36.3 Å². The molecule has 1 N–H and O–H groups in total. The molecule has 1 rings (SSSR count). The summed E-state index contributed by atoms with van der Waals surface area (Å²) in [6.07, 6.45) is 2.22. The van der Waals surface area contributed by atoms with E-state index in [-0.39, 0.29) is 0 Å². The number of nitrogens with one attached hydrogen (secondary N) is 1. The van der Waals surface area contributed by atoms with Gasteiger partial charge in [-0.2, -0.15) is 0 Å². The summed E-state index contributed by atoms with van der Waals surface area (Å²) < 4.78 is 0. The van der Waals surface area contributed by atoms with E-state index in [1.807, 2.05) is 0 Å². The highest BCUT2D eigenvalue weighted by molar-refractivity contribution is 5.33. The topological polar surface area (TPSA) is 12.0 Å². The predicted octanol–water partition coefficient (Wildman–Crippen LogP) is 4.31. The lowest BCUT2D eigenvalue weighted by Gasteiger charge is -2.21. The zero-order chi connectivity index (χ0) is 12.8. The third kappa shape index (κ3) is 4.35. The Balaban J connectivity index is 2.87. The second-order valence-corrected chi connectivity index (χ2v) is 4.97. The number of allylic oxidation sites excluding steroid dienone is 1. The Morgan fingerprint density at radius 2 is 2.06 bits per heavy atom. The molecule has 0 heterocycles. The van der Waals surface area contributed by atoms with E-state index in [0.29, 0.717) is 6.04 Å². The van der Waals surface area contributed by atoms with E-state index in [2.05, 4.69) is 57.8 Å². The van der Waals surface area contributed by atoms with Crippen LogP contribution in [-0.2, 0) is 0 Å². The highest BCUT2D eigenvalue weighted by Gasteiger charge is 2.12. The van der Waals surface area contributed by atoms with Crippen LogP contribution in [0.2, 0.25) is 0 Å². The molecule has 17 heavy (non-hydrogen) atoms. The molecule has 0 spiro atoms. The minimum Gasteiger partial charge on any atom is -0.310 e. The van der Waals surface area contributed by atoms with Gasteiger partial charge in [-0.3, -0.25) is 0 Å². The van der Waals surface area contributed by atoms with Crippen molar-refractivity contribution in [3.8, 4) is 0 Å². The fourth-order valence-corrected chi connectivity index (χ4v) is 2.14. The van der Waals surface area contributed by atoms with Crippen LogP contribution in [0.15, 0.2) is 30.4 Å². The van der Waals surface area contributed by atoms with Crippen molar-refractivity contribution in [3.05, 3.63) is 47.0 Å². The van der Waals surface area contributed by atoms with Gasteiger partial charge >= 0.3 is 0 Å². The molecule has 0 aliphatic heterocycles. The zero-order valence-corrected chi connectivity index (χ0v) is 11.6. The molecule has 0 saturated carbocycles. The van der Waals surface area contributed by atoms with Crippen molar-refractivity contribution in [2.75, 3.05) is 6.54 Å². The van der Waals surface area contributed by atoms with Gasteiger partial charge in [0.1, 0.15) is 0 Å². The van der Waals surface area contributed by atoms with Crippen LogP contribution in [0.25, 0.3) is 0 Å². The Morgan fingerprint density at radius 3 is 2.65 bits per heavy atom. The van der Waals surface area contributed by atoms with Gasteiger partial charge in [0.05, 0.1) is 0 Å². The Morgan fingerprint density at radius 1 is 1.35 bits per heavy atom. The number of hydrogen-bond acceptors (Lipinski definition) is 1. The zero-order valence-electron chi connectivity index (χ0n) is 11.6. The summed E-state index contributed by atoms with van der Waals surface area (Å²) in [4.78, 5) is 0. The molecule has 0 amide bonds. The van der Waals surface area contributed by atoms with Crippen LogP contribution in [-0.4, -0.2) is 6.54 Å². The Labute approximate surface area is 106 Å². The molecule has 0 aliphatic rings. The van der Waals surface area contributed by atoms with Gasteiger partial charge in [0.15, 0.2) is 0 Å². The number of benzene rings is 1. The van der Waals surface area contributed by atoms with Crippen molar-refractivity contribution in [1.82, 2.24) is 5.32 Å². The summed E-state index contributed by atoms with van der Waals surface area (Å²) in [6, 6.07) is 7.16. The van der Waals surface area contributed by atoms with Crippen LogP contribution >= 0.6 is 0 Å². The second-order valence-electron chi connectivity index (χ2n) is 4.97. The third-order valence-electron chi connectivity index (χ3n) is 3.12. The lowest BCUT2D eigenvalue weighted by molar-refractivity contribution is 0.512. The molecule has 0 saturated heterocycles. The van der Waals surface area contributed by atoms with E-state index in [4.69, 9.17) is 0 Å². The smallest absolute Gasteiger partial charge is 0.0325 e. The van der Waals surface area contributed by atoms with Crippen molar-refractivity contribution < 1.29 is 0 Å². The molecule has 0 aromatic heterocycles. The first kappa shape index (κ1) is 14.0. The van der Waals surface area contributed by atoms with E-state index >= 15 is 0 Å². The van der Waals surface area contributed by atoms with Gasteiger partial charge in [-0.15, -0.1) is 6.58 Å². The molecule has 0 bridgehead atoms. The molecule has 1 heteroatoms. The van der Waals surface area contributed by atoms with E-state index < -0.39 is 0 Å². The van der Waals surface area contributed by atoms with Crippen LogP contribution < -0.4 is 5.32 Å². The third-order valence-corrected chi connectivity index (χ3v) is 3.12. The first-order valence-electron chi connectivity index (χ1n) is 6.49. The van der Waals surface area contributed by atoms with Gasteiger partial charge in [0.25, 0.3) is 0 Å². The molecule has 94 valence electrons. The monoisotopic (exact) mass is 231 g/mol. The lowest BCUT2D eigenvalue weighted by atomic mass is 9.94. The van der Waals surface area contributed by atoms with Crippen LogP contribution in [0.5, 0.6) is 0 Å². The average molecular weight is 231 g/mol. The molecular weight excluding hydrogens is 206 g/mol. The van der Waals surface area contributed by atoms with Gasteiger partial charge in [-0.05, 0) is 51.3 Å². The van der Waals surface area contributed by atoms with Crippen molar-refractivity contribution in [2.45, 2.75) is 46.6 Å². The molecule has 1 unspecified atom stereocenters. The largest absolute Gasteiger partial charge is 0.310 e. The minimum atomic E-state index is 0.455. The first-order chi connectivity index (χ1) is 8.04. The highest BCUT2D eigenvalue weighted by atomic mass is 14.9. The van der Waals surface area contributed by atoms with E-state index in [9.17, 15) is 0 Å². The molecule has 1 aromatic carbocycles. The quantitative estimate of drug-likeness (QED) is 0.719. The normalized spacial score (nSPS) is 12.5. The summed E-state index contributed by atoms with van der Waals surface area (Å²) in [5.41, 5.74) is 5.42. The lowest BCUT2D eigenvalue weighted by Crippen LogP contribution is -2.21. The summed E-state index contributed by atoms with van der Waals surface area (Å²) >= 11 is 0. The Kier molecular flexibility index (Phi) is 5.43. The van der Waals surface area contributed by atoms with Crippen molar-refractivity contribution in [3.63, 3.8) is 0 Å². The fraction of sp³-hybridized carbons (Fsp3) is 0.500. The number of rotatable bonds is 6. The maximum absolute atomic E-state index is 3.99.